The molecule has 36 heavy (non-hydrogen) atoms. The second-order valence-electron chi connectivity index (χ2n) is 9.08. The minimum atomic E-state index is -0.431. The molecule has 1 aromatic heterocycles. The molecule has 2 heterocycles. The summed E-state index contributed by atoms with van der Waals surface area (Å²) in [6.45, 7) is 8.50. The summed E-state index contributed by atoms with van der Waals surface area (Å²) in [6, 6.07) is 21.5. The Morgan fingerprint density at radius 2 is 1.72 bits per heavy atom. The van der Waals surface area contributed by atoms with Crippen LogP contribution in [0.25, 0.3) is 0 Å². The van der Waals surface area contributed by atoms with Gasteiger partial charge in [0.2, 0.25) is 5.95 Å². The summed E-state index contributed by atoms with van der Waals surface area (Å²) in [5.74, 6) is 1.18. The van der Waals surface area contributed by atoms with Gasteiger partial charge in [-0.2, -0.15) is 10.1 Å². The lowest BCUT2D eigenvalue weighted by Gasteiger charge is -2.29. The highest BCUT2D eigenvalue weighted by molar-refractivity contribution is 6.06. The third kappa shape index (κ3) is 4.47. The first-order chi connectivity index (χ1) is 17.4. The van der Waals surface area contributed by atoms with Crippen LogP contribution in [0.15, 0.2) is 84.3 Å². The normalized spacial score (nSPS) is 14.7. The highest BCUT2D eigenvalue weighted by atomic mass is 16.5. The van der Waals surface area contributed by atoms with Crippen LogP contribution < -0.4 is 15.4 Å². The SMILES string of the molecule is CC1=C(C(=O)Nc2cccc(C)c2C)C(c2ccc(OCc3ccccc3C)cc2)n2ncnc2N1. The molecule has 1 aliphatic rings. The fourth-order valence-corrected chi connectivity index (χ4v) is 4.45. The molecule has 1 atom stereocenters. The van der Waals surface area contributed by atoms with Crippen LogP contribution in [-0.2, 0) is 11.4 Å². The fraction of sp³-hybridized carbons (Fsp3) is 0.207. The number of nitrogens with zero attached hydrogens (tertiary/aromatic N) is 3. The van der Waals surface area contributed by atoms with Crippen molar-refractivity contribution >= 4 is 17.5 Å². The average Bonchev–Trinajstić information content (AvgIpc) is 3.34. The van der Waals surface area contributed by atoms with E-state index >= 15 is 0 Å². The Labute approximate surface area is 210 Å². The van der Waals surface area contributed by atoms with Gasteiger partial charge in [-0.3, -0.25) is 4.79 Å². The van der Waals surface area contributed by atoms with Gasteiger partial charge in [0.1, 0.15) is 24.7 Å². The van der Waals surface area contributed by atoms with Crippen molar-refractivity contribution in [1.82, 2.24) is 14.8 Å². The van der Waals surface area contributed by atoms with Crippen molar-refractivity contribution < 1.29 is 9.53 Å². The third-order valence-electron chi connectivity index (χ3n) is 6.74. The van der Waals surface area contributed by atoms with Crippen LogP contribution in [0.1, 0.15) is 40.8 Å². The zero-order valence-electron chi connectivity index (χ0n) is 20.9. The average molecular weight is 480 g/mol. The van der Waals surface area contributed by atoms with E-state index in [0.717, 1.165) is 39.4 Å². The number of carbonyl (C=O) groups excluding carboxylic acids is 1. The van der Waals surface area contributed by atoms with E-state index in [2.05, 4.69) is 39.8 Å². The third-order valence-corrected chi connectivity index (χ3v) is 6.74. The number of aryl methyl sites for hydroxylation is 2. The lowest BCUT2D eigenvalue weighted by atomic mass is 9.94. The Bertz CT molecular complexity index is 1450. The Morgan fingerprint density at radius 3 is 2.50 bits per heavy atom. The van der Waals surface area contributed by atoms with E-state index in [-0.39, 0.29) is 5.91 Å². The summed E-state index contributed by atoms with van der Waals surface area (Å²) >= 11 is 0. The van der Waals surface area contributed by atoms with Crippen LogP contribution in [0.4, 0.5) is 11.6 Å². The van der Waals surface area contributed by atoms with Crippen LogP contribution in [0.3, 0.4) is 0 Å². The molecular formula is C29H29N5O2. The van der Waals surface area contributed by atoms with E-state index in [0.29, 0.717) is 18.1 Å². The topological polar surface area (TPSA) is 81.1 Å². The number of benzene rings is 3. The van der Waals surface area contributed by atoms with E-state index in [1.165, 1.54) is 11.9 Å². The van der Waals surface area contributed by atoms with Gasteiger partial charge in [-0.25, -0.2) is 4.68 Å². The van der Waals surface area contributed by atoms with Crippen LogP contribution >= 0.6 is 0 Å². The molecule has 0 spiro atoms. The molecule has 1 aliphatic heterocycles. The Balaban J connectivity index is 1.43. The van der Waals surface area contributed by atoms with Gasteiger partial charge in [-0.05, 0) is 73.7 Å². The highest BCUT2D eigenvalue weighted by Gasteiger charge is 2.33. The van der Waals surface area contributed by atoms with Crippen molar-refractivity contribution in [1.29, 1.82) is 0 Å². The van der Waals surface area contributed by atoms with Crippen molar-refractivity contribution in [2.75, 3.05) is 10.6 Å². The molecule has 2 N–H and O–H groups in total. The van der Waals surface area contributed by atoms with E-state index in [1.54, 1.807) is 4.68 Å². The molecule has 0 aliphatic carbocycles. The summed E-state index contributed by atoms with van der Waals surface area (Å²) < 4.78 is 7.77. The molecule has 4 aromatic rings. The van der Waals surface area contributed by atoms with Crippen LogP contribution in [0.2, 0.25) is 0 Å². The van der Waals surface area contributed by atoms with Gasteiger partial charge in [-0.15, -0.1) is 0 Å². The number of allylic oxidation sites excluding steroid dienone is 1. The van der Waals surface area contributed by atoms with Gasteiger partial charge in [0.25, 0.3) is 5.91 Å². The van der Waals surface area contributed by atoms with Crippen molar-refractivity contribution in [2.24, 2.45) is 0 Å². The van der Waals surface area contributed by atoms with Crippen LogP contribution in [-0.4, -0.2) is 20.7 Å². The quantitative estimate of drug-likeness (QED) is 0.370. The first-order valence-electron chi connectivity index (χ1n) is 11.9. The molecule has 1 unspecified atom stereocenters. The summed E-state index contributed by atoms with van der Waals surface area (Å²) in [6.07, 6.45) is 1.49. The molecule has 7 heteroatoms. The number of anilines is 2. The zero-order chi connectivity index (χ0) is 25.2. The maximum atomic E-state index is 13.6. The molecule has 1 amide bonds. The number of carbonyl (C=O) groups is 1. The molecule has 182 valence electrons. The lowest BCUT2D eigenvalue weighted by molar-refractivity contribution is -0.113. The minimum absolute atomic E-state index is 0.181. The van der Waals surface area contributed by atoms with Crippen molar-refractivity contribution in [3.63, 3.8) is 0 Å². The molecule has 0 radical (unpaired) electrons. The van der Waals surface area contributed by atoms with Gasteiger partial charge >= 0.3 is 0 Å². The number of hydrogen-bond acceptors (Lipinski definition) is 5. The molecular weight excluding hydrogens is 450 g/mol. The van der Waals surface area contributed by atoms with E-state index < -0.39 is 6.04 Å². The summed E-state index contributed by atoms with van der Waals surface area (Å²) in [5, 5.41) is 10.8. The lowest BCUT2D eigenvalue weighted by Crippen LogP contribution is -2.31. The number of nitrogens with one attached hydrogen (secondary N) is 2. The number of aromatic nitrogens is 3. The molecule has 0 bridgehead atoms. The maximum absolute atomic E-state index is 13.6. The summed E-state index contributed by atoms with van der Waals surface area (Å²) in [4.78, 5) is 17.9. The minimum Gasteiger partial charge on any atom is -0.489 e. The first-order valence-corrected chi connectivity index (χ1v) is 11.9. The largest absolute Gasteiger partial charge is 0.489 e. The predicted octanol–water partition coefficient (Wildman–Crippen LogP) is 5.71. The summed E-state index contributed by atoms with van der Waals surface area (Å²) in [5.41, 5.74) is 7.54. The van der Waals surface area contributed by atoms with E-state index in [4.69, 9.17) is 4.74 Å². The van der Waals surface area contributed by atoms with Gasteiger partial charge in [0.15, 0.2) is 0 Å². The van der Waals surface area contributed by atoms with E-state index in [9.17, 15) is 4.79 Å². The monoisotopic (exact) mass is 479 g/mol. The molecule has 0 saturated heterocycles. The van der Waals surface area contributed by atoms with E-state index in [1.807, 2.05) is 75.4 Å². The van der Waals surface area contributed by atoms with Crippen molar-refractivity contribution in [3.8, 4) is 5.75 Å². The second-order valence-corrected chi connectivity index (χ2v) is 9.08. The van der Waals surface area contributed by atoms with Gasteiger partial charge in [0, 0.05) is 11.4 Å². The number of amides is 1. The van der Waals surface area contributed by atoms with Crippen LogP contribution in [0, 0.1) is 20.8 Å². The predicted molar refractivity (Wildman–Crippen MR) is 141 cm³/mol. The molecule has 0 saturated carbocycles. The van der Waals surface area contributed by atoms with Gasteiger partial charge in [-0.1, -0.05) is 48.5 Å². The van der Waals surface area contributed by atoms with Crippen molar-refractivity contribution in [2.45, 2.75) is 40.3 Å². The molecule has 5 rings (SSSR count). The van der Waals surface area contributed by atoms with Crippen LogP contribution in [0.5, 0.6) is 5.75 Å². The smallest absolute Gasteiger partial charge is 0.255 e. The van der Waals surface area contributed by atoms with Gasteiger partial charge in [0.05, 0.1) is 5.57 Å². The standard InChI is InChI=1S/C29H29N5O2/c1-18-9-7-11-25(20(18)3)33-28(35)26-21(4)32-29-30-17-31-34(29)27(26)22-12-14-24(15-13-22)36-16-23-10-6-5-8-19(23)2/h5-15,17,27H,16H2,1-4H3,(H,33,35)(H,30,31,32). The number of ether oxygens (including phenoxy) is 1. The number of hydrogen-bond donors (Lipinski definition) is 2. The Hall–Kier alpha value is -4.39. The molecule has 7 nitrogen and oxygen atoms in total. The fourth-order valence-electron chi connectivity index (χ4n) is 4.45. The van der Waals surface area contributed by atoms with Crippen molar-refractivity contribution in [3.05, 3.63) is 112 Å². The molecule has 0 fully saturated rings. The number of fused-ring (bicyclic) bond motifs is 1. The highest BCUT2D eigenvalue weighted by Crippen LogP contribution is 2.36. The Kier molecular flexibility index (Phi) is 6.29. The second kappa shape index (κ2) is 9.70. The summed E-state index contributed by atoms with van der Waals surface area (Å²) in [7, 11) is 0. The Morgan fingerprint density at radius 1 is 0.972 bits per heavy atom. The number of rotatable bonds is 6. The molecule has 3 aromatic carbocycles. The first kappa shape index (κ1) is 23.4. The zero-order valence-corrected chi connectivity index (χ0v) is 20.9. The van der Waals surface area contributed by atoms with Gasteiger partial charge < -0.3 is 15.4 Å². The maximum Gasteiger partial charge on any atom is 0.255 e.